The molecule has 1 aliphatic heterocycles. The summed E-state index contributed by atoms with van der Waals surface area (Å²) in [4.78, 5) is 0. The summed E-state index contributed by atoms with van der Waals surface area (Å²) in [6, 6.07) is 14.9. The first-order chi connectivity index (χ1) is 8.40. The molecule has 1 aliphatic rings. The van der Waals surface area contributed by atoms with E-state index in [0.29, 0.717) is 12.5 Å². The van der Waals surface area contributed by atoms with Gasteiger partial charge in [-0.05, 0) is 29.3 Å². The number of rotatable bonds is 2. The van der Waals surface area contributed by atoms with Crippen molar-refractivity contribution in [3.05, 3.63) is 48.0 Å². The molecule has 2 heteroatoms. The van der Waals surface area contributed by atoms with Gasteiger partial charge in [-0.1, -0.05) is 42.5 Å². The van der Waals surface area contributed by atoms with E-state index in [1.165, 1.54) is 16.3 Å². The molecule has 0 bridgehead atoms. The Balaban J connectivity index is 2.10. The lowest BCUT2D eigenvalue weighted by Crippen LogP contribution is -2.18. The summed E-state index contributed by atoms with van der Waals surface area (Å²) in [5, 5.41) is 2.57. The first-order valence-electron chi connectivity index (χ1n) is 6.19. The van der Waals surface area contributed by atoms with Crippen molar-refractivity contribution in [2.45, 2.75) is 12.5 Å². The third-order valence-electron chi connectivity index (χ3n) is 3.65. The molecule has 0 aromatic heterocycles. The highest BCUT2D eigenvalue weighted by Crippen LogP contribution is 2.37. The zero-order valence-electron chi connectivity index (χ0n) is 9.80. The summed E-state index contributed by atoms with van der Waals surface area (Å²) < 4.78 is 5.87. The van der Waals surface area contributed by atoms with Crippen molar-refractivity contribution >= 4 is 10.8 Å². The Hall–Kier alpha value is -1.38. The van der Waals surface area contributed by atoms with Gasteiger partial charge in [-0.15, -0.1) is 0 Å². The van der Waals surface area contributed by atoms with Crippen molar-refractivity contribution in [2.24, 2.45) is 11.7 Å². The van der Waals surface area contributed by atoms with Gasteiger partial charge in [-0.3, -0.25) is 0 Å². The highest BCUT2D eigenvalue weighted by molar-refractivity contribution is 5.86. The molecular formula is C15H17NO. The Morgan fingerprint density at radius 2 is 1.94 bits per heavy atom. The minimum atomic E-state index is 0.172. The summed E-state index contributed by atoms with van der Waals surface area (Å²) in [7, 11) is 0. The van der Waals surface area contributed by atoms with E-state index < -0.39 is 0 Å². The van der Waals surface area contributed by atoms with Gasteiger partial charge in [0.2, 0.25) is 0 Å². The number of ether oxygens (including phenoxy) is 1. The summed E-state index contributed by atoms with van der Waals surface area (Å²) in [6.07, 6.45) is 1.25. The number of nitrogens with two attached hydrogens (primary N) is 1. The molecule has 0 amide bonds. The van der Waals surface area contributed by atoms with Crippen molar-refractivity contribution in [3.8, 4) is 0 Å². The Labute approximate surface area is 101 Å². The van der Waals surface area contributed by atoms with E-state index in [4.69, 9.17) is 10.5 Å². The molecule has 3 rings (SSSR count). The van der Waals surface area contributed by atoms with E-state index in [9.17, 15) is 0 Å². The minimum Gasteiger partial charge on any atom is -0.373 e. The second-order valence-corrected chi connectivity index (χ2v) is 4.64. The highest BCUT2D eigenvalue weighted by atomic mass is 16.5. The lowest BCUT2D eigenvalue weighted by atomic mass is 9.92. The van der Waals surface area contributed by atoms with Gasteiger partial charge in [0.05, 0.1) is 6.10 Å². The molecule has 0 aliphatic carbocycles. The number of fused-ring (bicyclic) bond motifs is 1. The van der Waals surface area contributed by atoms with E-state index in [1.54, 1.807) is 0 Å². The average molecular weight is 227 g/mol. The molecule has 2 unspecified atom stereocenters. The van der Waals surface area contributed by atoms with Crippen LogP contribution in [0.1, 0.15) is 18.1 Å². The van der Waals surface area contributed by atoms with Crippen molar-refractivity contribution in [1.82, 2.24) is 0 Å². The second-order valence-electron chi connectivity index (χ2n) is 4.64. The van der Waals surface area contributed by atoms with Crippen LogP contribution in [0.3, 0.4) is 0 Å². The van der Waals surface area contributed by atoms with Gasteiger partial charge in [0.1, 0.15) is 0 Å². The predicted molar refractivity (Wildman–Crippen MR) is 69.8 cm³/mol. The molecule has 2 nitrogen and oxygen atoms in total. The van der Waals surface area contributed by atoms with Crippen LogP contribution in [0, 0.1) is 5.92 Å². The number of benzene rings is 2. The highest BCUT2D eigenvalue weighted by Gasteiger charge is 2.29. The molecule has 1 saturated heterocycles. The van der Waals surface area contributed by atoms with Crippen molar-refractivity contribution in [1.29, 1.82) is 0 Å². The smallest absolute Gasteiger partial charge is 0.0871 e. The van der Waals surface area contributed by atoms with Crippen LogP contribution in [0.15, 0.2) is 42.5 Å². The second kappa shape index (κ2) is 4.47. The van der Waals surface area contributed by atoms with E-state index >= 15 is 0 Å². The van der Waals surface area contributed by atoms with Gasteiger partial charge in [0.25, 0.3) is 0 Å². The van der Waals surface area contributed by atoms with Gasteiger partial charge in [-0.25, -0.2) is 0 Å². The first kappa shape index (κ1) is 10.8. The Morgan fingerprint density at radius 3 is 2.82 bits per heavy atom. The lowest BCUT2D eigenvalue weighted by Gasteiger charge is -2.19. The monoisotopic (exact) mass is 227 g/mol. The first-order valence-corrected chi connectivity index (χ1v) is 6.19. The number of hydrogen-bond donors (Lipinski definition) is 1. The maximum Gasteiger partial charge on any atom is 0.0871 e. The minimum absolute atomic E-state index is 0.172. The molecule has 2 N–H and O–H groups in total. The molecule has 0 radical (unpaired) electrons. The van der Waals surface area contributed by atoms with E-state index in [-0.39, 0.29) is 6.10 Å². The number of hydrogen-bond acceptors (Lipinski definition) is 2. The van der Waals surface area contributed by atoms with Crippen LogP contribution in [0.25, 0.3) is 10.8 Å². The van der Waals surface area contributed by atoms with Crippen LogP contribution in [0.5, 0.6) is 0 Å². The average Bonchev–Trinajstić information content (AvgIpc) is 2.86. The van der Waals surface area contributed by atoms with Crippen LogP contribution in [-0.4, -0.2) is 13.2 Å². The Bertz CT molecular complexity index is 518. The summed E-state index contributed by atoms with van der Waals surface area (Å²) >= 11 is 0. The fraction of sp³-hybridized carbons (Fsp3) is 0.333. The zero-order chi connectivity index (χ0) is 11.7. The topological polar surface area (TPSA) is 35.2 Å². The normalized spacial score (nSPS) is 24.3. The van der Waals surface area contributed by atoms with Gasteiger partial charge >= 0.3 is 0 Å². The SMILES string of the molecule is NCC1CCOC1c1cccc2ccccc12. The Kier molecular flexibility index (Phi) is 2.83. The molecule has 2 aromatic rings. The van der Waals surface area contributed by atoms with Crippen LogP contribution in [-0.2, 0) is 4.74 Å². The van der Waals surface area contributed by atoms with Crippen LogP contribution < -0.4 is 5.73 Å². The van der Waals surface area contributed by atoms with E-state index in [0.717, 1.165) is 13.0 Å². The van der Waals surface area contributed by atoms with E-state index in [2.05, 4.69) is 42.5 Å². The maximum absolute atomic E-state index is 5.87. The fourth-order valence-corrected chi connectivity index (χ4v) is 2.72. The lowest BCUT2D eigenvalue weighted by molar-refractivity contribution is 0.0936. The van der Waals surface area contributed by atoms with Crippen LogP contribution in [0.4, 0.5) is 0 Å². The molecule has 2 atom stereocenters. The quantitative estimate of drug-likeness (QED) is 0.856. The fourth-order valence-electron chi connectivity index (χ4n) is 2.72. The molecule has 88 valence electrons. The summed E-state index contributed by atoms with van der Waals surface area (Å²) in [5.41, 5.74) is 7.11. The molecule has 0 spiro atoms. The predicted octanol–water partition coefficient (Wildman–Crippen LogP) is 2.88. The molecule has 1 heterocycles. The summed E-state index contributed by atoms with van der Waals surface area (Å²) in [5.74, 6) is 0.459. The Morgan fingerprint density at radius 1 is 1.12 bits per heavy atom. The largest absolute Gasteiger partial charge is 0.373 e. The third kappa shape index (κ3) is 1.84. The van der Waals surface area contributed by atoms with Gasteiger partial charge in [0, 0.05) is 12.5 Å². The van der Waals surface area contributed by atoms with Crippen molar-refractivity contribution < 1.29 is 4.74 Å². The zero-order valence-corrected chi connectivity index (χ0v) is 9.80. The van der Waals surface area contributed by atoms with Gasteiger partial charge in [-0.2, -0.15) is 0 Å². The van der Waals surface area contributed by atoms with E-state index in [1.807, 2.05) is 0 Å². The molecule has 1 fully saturated rings. The molecule has 2 aromatic carbocycles. The molecular weight excluding hydrogens is 210 g/mol. The molecule has 0 saturated carbocycles. The standard InChI is InChI=1S/C15H17NO/c16-10-12-8-9-17-15(12)14-7-3-5-11-4-1-2-6-13(11)14/h1-7,12,15H,8-10,16H2. The maximum atomic E-state index is 5.87. The third-order valence-corrected chi connectivity index (χ3v) is 3.65. The van der Waals surface area contributed by atoms with Gasteiger partial charge in [0.15, 0.2) is 0 Å². The van der Waals surface area contributed by atoms with Crippen LogP contribution in [0.2, 0.25) is 0 Å². The van der Waals surface area contributed by atoms with Crippen molar-refractivity contribution in [3.63, 3.8) is 0 Å². The summed E-state index contributed by atoms with van der Waals surface area (Å²) in [6.45, 7) is 1.53. The van der Waals surface area contributed by atoms with Crippen molar-refractivity contribution in [2.75, 3.05) is 13.2 Å². The van der Waals surface area contributed by atoms with Crippen LogP contribution >= 0.6 is 0 Å². The van der Waals surface area contributed by atoms with Gasteiger partial charge < -0.3 is 10.5 Å². The molecule has 17 heavy (non-hydrogen) atoms.